The second-order valence-electron chi connectivity index (χ2n) is 5.58. The molecule has 0 spiro atoms. The summed E-state index contributed by atoms with van der Waals surface area (Å²) in [7, 11) is 0. The molecule has 3 rings (SSSR count). The molecule has 1 aliphatic rings. The minimum Gasteiger partial charge on any atom is -0.356 e. The van der Waals surface area contributed by atoms with Crippen LogP contribution in [0.2, 0.25) is 0 Å². The number of hydrogen-bond donors (Lipinski definition) is 0. The molecule has 0 unspecified atom stereocenters. The van der Waals surface area contributed by atoms with Crippen molar-refractivity contribution in [3.63, 3.8) is 0 Å². The Kier molecular flexibility index (Phi) is 3.31. The van der Waals surface area contributed by atoms with Crippen molar-refractivity contribution >= 4 is 16.7 Å². The first kappa shape index (κ1) is 12.9. The van der Waals surface area contributed by atoms with Gasteiger partial charge in [-0.15, -0.1) is 0 Å². The van der Waals surface area contributed by atoms with Crippen molar-refractivity contribution in [3.05, 3.63) is 34.9 Å². The van der Waals surface area contributed by atoms with Gasteiger partial charge >= 0.3 is 0 Å². The van der Waals surface area contributed by atoms with Gasteiger partial charge in [0.25, 0.3) is 0 Å². The van der Waals surface area contributed by atoms with E-state index in [0.29, 0.717) is 6.42 Å². The van der Waals surface area contributed by atoms with Gasteiger partial charge in [-0.05, 0) is 43.9 Å². The van der Waals surface area contributed by atoms with E-state index in [0.717, 1.165) is 35.4 Å². The van der Waals surface area contributed by atoms with Crippen molar-refractivity contribution in [2.24, 2.45) is 0 Å². The van der Waals surface area contributed by atoms with Crippen LogP contribution in [0.1, 0.15) is 29.5 Å². The number of fused-ring (bicyclic) bond motifs is 1. The van der Waals surface area contributed by atoms with Gasteiger partial charge in [-0.3, -0.25) is 0 Å². The van der Waals surface area contributed by atoms with Crippen molar-refractivity contribution in [2.75, 3.05) is 18.0 Å². The van der Waals surface area contributed by atoms with E-state index in [1.807, 2.05) is 0 Å². The summed E-state index contributed by atoms with van der Waals surface area (Å²) in [6, 6.07) is 8.66. The number of pyridine rings is 1. The molecule has 3 heteroatoms. The minimum atomic E-state index is 0.432. The van der Waals surface area contributed by atoms with Gasteiger partial charge in [0.05, 0.1) is 18.0 Å². The van der Waals surface area contributed by atoms with E-state index in [1.165, 1.54) is 24.0 Å². The Morgan fingerprint density at radius 1 is 1.25 bits per heavy atom. The van der Waals surface area contributed by atoms with Gasteiger partial charge in [0.1, 0.15) is 5.82 Å². The number of nitrogens with zero attached hydrogens (tertiary/aromatic N) is 3. The molecule has 0 bridgehead atoms. The van der Waals surface area contributed by atoms with Gasteiger partial charge in [-0.2, -0.15) is 5.26 Å². The highest BCUT2D eigenvalue weighted by Crippen LogP contribution is 2.29. The summed E-state index contributed by atoms with van der Waals surface area (Å²) in [4.78, 5) is 7.24. The number of aryl methyl sites for hydroxylation is 2. The summed E-state index contributed by atoms with van der Waals surface area (Å²) < 4.78 is 0. The molecule has 2 heterocycles. The molecule has 0 saturated carbocycles. The van der Waals surface area contributed by atoms with Gasteiger partial charge in [0.2, 0.25) is 0 Å². The smallest absolute Gasteiger partial charge is 0.133 e. The maximum atomic E-state index is 9.06. The number of benzene rings is 1. The molecule has 0 atom stereocenters. The molecule has 0 aliphatic carbocycles. The topological polar surface area (TPSA) is 39.9 Å². The lowest BCUT2D eigenvalue weighted by molar-refractivity contribution is 0.928. The molecule has 0 radical (unpaired) electrons. The highest BCUT2D eigenvalue weighted by molar-refractivity contribution is 5.85. The Hall–Kier alpha value is -2.08. The SMILES string of the molecule is Cc1ccc2cc(CC#N)c(N3CCCC3)nc2c1C. The molecule has 2 aromatic rings. The zero-order valence-corrected chi connectivity index (χ0v) is 12.1. The van der Waals surface area contributed by atoms with Gasteiger partial charge in [0, 0.05) is 24.0 Å². The zero-order chi connectivity index (χ0) is 14.1. The molecule has 0 amide bonds. The predicted octanol–water partition coefficient (Wildman–Crippen LogP) is 3.52. The fraction of sp³-hybridized carbons (Fsp3) is 0.412. The lowest BCUT2D eigenvalue weighted by Crippen LogP contribution is -2.20. The van der Waals surface area contributed by atoms with E-state index in [4.69, 9.17) is 10.2 Å². The Balaban J connectivity index is 2.21. The largest absolute Gasteiger partial charge is 0.356 e. The summed E-state index contributed by atoms with van der Waals surface area (Å²) in [5, 5.41) is 10.2. The maximum absolute atomic E-state index is 9.06. The van der Waals surface area contributed by atoms with Crippen LogP contribution >= 0.6 is 0 Å². The average Bonchev–Trinajstić information content (AvgIpc) is 2.97. The standard InChI is InChI=1S/C17H19N3/c1-12-5-6-14-11-15(7-8-18)17(19-16(14)13(12)2)20-9-3-4-10-20/h5-6,11H,3-4,7,9-10H2,1-2H3. The molecule has 1 aromatic carbocycles. The predicted molar refractivity (Wildman–Crippen MR) is 82.0 cm³/mol. The molecule has 3 nitrogen and oxygen atoms in total. The molecule has 1 aromatic heterocycles. The fourth-order valence-electron chi connectivity index (χ4n) is 2.93. The first-order valence-corrected chi connectivity index (χ1v) is 7.22. The molecular weight excluding hydrogens is 246 g/mol. The Morgan fingerprint density at radius 2 is 2.00 bits per heavy atom. The number of hydrogen-bond acceptors (Lipinski definition) is 3. The molecule has 1 fully saturated rings. The third-order valence-electron chi connectivity index (χ3n) is 4.24. The summed E-state index contributed by atoms with van der Waals surface area (Å²) in [5.41, 5.74) is 4.65. The highest BCUT2D eigenvalue weighted by Gasteiger charge is 2.18. The molecule has 1 aliphatic heterocycles. The summed E-state index contributed by atoms with van der Waals surface area (Å²) >= 11 is 0. The average molecular weight is 265 g/mol. The van der Waals surface area contributed by atoms with Gasteiger partial charge in [0.15, 0.2) is 0 Å². The molecule has 1 saturated heterocycles. The van der Waals surface area contributed by atoms with Gasteiger partial charge in [-0.25, -0.2) is 4.98 Å². The van der Waals surface area contributed by atoms with Crippen LogP contribution in [0.15, 0.2) is 18.2 Å². The van der Waals surface area contributed by atoms with Crippen LogP contribution < -0.4 is 4.90 Å². The normalized spacial score (nSPS) is 14.8. The van der Waals surface area contributed by atoms with Crippen molar-refractivity contribution in [1.82, 2.24) is 4.98 Å². The number of nitriles is 1. The van der Waals surface area contributed by atoms with Crippen molar-refractivity contribution in [2.45, 2.75) is 33.1 Å². The van der Waals surface area contributed by atoms with Gasteiger partial charge < -0.3 is 4.90 Å². The van der Waals surface area contributed by atoms with E-state index in [-0.39, 0.29) is 0 Å². The van der Waals surface area contributed by atoms with Crippen LogP contribution in [-0.2, 0) is 6.42 Å². The highest BCUT2D eigenvalue weighted by atomic mass is 15.2. The van der Waals surface area contributed by atoms with Crippen molar-refractivity contribution < 1.29 is 0 Å². The Labute approximate surface area is 119 Å². The quantitative estimate of drug-likeness (QED) is 0.834. The lowest BCUT2D eigenvalue weighted by Gasteiger charge is -2.20. The second-order valence-corrected chi connectivity index (χ2v) is 5.58. The van der Waals surface area contributed by atoms with E-state index < -0.39 is 0 Å². The third kappa shape index (κ3) is 2.12. The van der Waals surface area contributed by atoms with Crippen LogP contribution in [-0.4, -0.2) is 18.1 Å². The third-order valence-corrected chi connectivity index (χ3v) is 4.24. The van der Waals surface area contributed by atoms with Crippen LogP contribution in [0, 0.1) is 25.2 Å². The Morgan fingerprint density at radius 3 is 2.70 bits per heavy atom. The lowest BCUT2D eigenvalue weighted by atomic mass is 10.0. The van der Waals surface area contributed by atoms with Crippen LogP contribution in [0.4, 0.5) is 5.82 Å². The first-order chi connectivity index (χ1) is 9.70. The number of aromatic nitrogens is 1. The monoisotopic (exact) mass is 265 g/mol. The molecule has 102 valence electrons. The molecular formula is C17H19N3. The molecule has 20 heavy (non-hydrogen) atoms. The number of rotatable bonds is 2. The molecule has 0 N–H and O–H groups in total. The van der Waals surface area contributed by atoms with E-state index in [2.05, 4.69) is 43.0 Å². The van der Waals surface area contributed by atoms with E-state index >= 15 is 0 Å². The summed E-state index contributed by atoms with van der Waals surface area (Å²) in [5.74, 6) is 1.02. The zero-order valence-electron chi connectivity index (χ0n) is 12.1. The minimum absolute atomic E-state index is 0.432. The van der Waals surface area contributed by atoms with Crippen molar-refractivity contribution in [1.29, 1.82) is 5.26 Å². The summed E-state index contributed by atoms with van der Waals surface area (Å²) in [6.45, 7) is 6.36. The van der Waals surface area contributed by atoms with Crippen LogP contribution in [0.3, 0.4) is 0 Å². The Bertz CT molecular complexity index is 691. The van der Waals surface area contributed by atoms with Crippen LogP contribution in [0.25, 0.3) is 10.9 Å². The second kappa shape index (κ2) is 5.13. The van der Waals surface area contributed by atoms with Crippen molar-refractivity contribution in [3.8, 4) is 6.07 Å². The fourth-order valence-corrected chi connectivity index (χ4v) is 2.93. The summed E-state index contributed by atoms with van der Waals surface area (Å²) in [6.07, 6.45) is 2.87. The number of anilines is 1. The van der Waals surface area contributed by atoms with Crippen LogP contribution in [0.5, 0.6) is 0 Å². The van der Waals surface area contributed by atoms with E-state index in [9.17, 15) is 0 Å². The maximum Gasteiger partial charge on any atom is 0.133 e. The van der Waals surface area contributed by atoms with E-state index in [1.54, 1.807) is 0 Å². The van der Waals surface area contributed by atoms with Gasteiger partial charge in [-0.1, -0.05) is 12.1 Å². The first-order valence-electron chi connectivity index (χ1n) is 7.22.